The number of carbonyl (C=O) groups is 1. The Morgan fingerprint density at radius 3 is 2.68 bits per heavy atom. The van der Waals surface area contributed by atoms with Gasteiger partial charge in [0.15, 0.2) is 0 Å². The van der Waals surface area contributed by atoms with Crippen LogP contribution in [-0.4, -0.2) is 20.1 Å². The fourth-order valence-electron chi connectivity index (χ4n) is 2.74. The Bertz CT molecular complexity index is 730. The second-order valence-corrected chi connectivity index (χ2v) is 5.59. The summed E-state index contributed by atoms with van der Waals surface area (Å²) in [4.78, 5) is 12.2. The Hall–Kier alpha value is -2.20. The van der Waals surface area contributed by atoms with Crippen molar-refractivity contribution >= 4 is 23.2 Å². The maximum atomic E-state index is 12.2. The van der Waals surface area contributed by atoms with Crippen molar-refractivity contribution in [3.05, 3.63) is 52.5 Å². The summed E-state index contributed by atoms with van der Waals surface area (Å²) in [5.41, 5.74) is 2.72. The average Bonchev–Trinajstić information content (AvgIpc) is 2.82. The maximum absolute atomic E-state index is 12.2. The number of benzene rings is 2. The molecule has 5 heteroatoms. The van der Waals surface area contributed by atoms with E-state index in [9.17, 15) is 4.79 Å². The minimum absolute atomic E-state index is 0.0184. The molecule has 22 heavy (non-hydrogen) atoms. The first-order valence-electron chi connectivity index (χ1n) is 6.93. The highest BCUT2D eigenvalue weighted by molar-refractivity contribution is 6.31. The number of nitrogens with one attached hydrogen (secondary N) is 1. The van der Waals surface area contributed by atoms with Gasteiger partial charge in [0.05, 0.1) is 20.1 Å². The molecule has 1 aliphatic rings. The maximum Gasteiger partial charge on any atom is 0.232 e. The molecule has 0 aliphatic carbocycles. The highest BCUT2D eigenvalue weighted by Gasteiger charge is 2.31. The molecule has 0 bridgehead atoms. The van der Waals surface area contributed by atoms with E-state index >= 15 is 0 Å². The molecular weight excluding hydrogens is 302 g/mol. The Labute approximate surface area is 134 Å². The molecule has 0 aromatic heterocycles. The number of halogens is 1. The topological polar surface area (TPSA) is 47.6 Å². The van der Waals surface area contributed by atoms with Gasteiger partial charge in [-0.15, -0.1) is 0 Å². The molecule has 0 radical (unpaired) electrons. The molecule has 0 fully saturated rings. The number of anilines is 1. The zero-order valence-corrected chi connectivity index (χ0v) is 13.1. The third-order valence-corrected chi connectivity index (χ3v) is 4.12. The van der Waals surface area contributed by atoms with Crippen LogP contribution < -0.4 is 14.8 Å². The molecule has 0 spiro atoms. The van der Waals surface area contributed by atoms with E-state index in [1.54, 1.807) is 26.4 Å². The van der Waals surface area contributed by atoms with Gasteiger partial charge >= 0.3 is 0 Å². The summed E-state index contributed by atoms with van der Waals surface area (Å²) in [7, 11) is 3.22. The van der Waals surface area contributed by atoms with Crippen LogP contribution in [0.3, 0.4) is 0 Å². The minimum atomic E-state index is -0.241. The Balaban J connectivity index is 1.92. The van der Waals surface area contributed by atoms with Crippen LogP contribution in [0.2, 0.25) is 5.02 Å². The second kappa shape index (κ2) is 5.89. The minimum Gasteiger partial charge on any atom is -0.497 e. The standard InChI is InChI=1S/C17H16ClNO3/c1-21-12-5-3-10(16(9-12)22-2)7-14-13-6-4-11(18)8-15(13)19-17(14)20/h3-6,8-9,14H,7H2,1-2H3,(H,19,20)/t14-/m1/s1. The number of hydrogen-bond donors (Lipinski definition) is 1. The zero-order valence-electron chi connectivity index (χ0n) is 12.4. The molecule has 2 aromatic carbocycles. The van der Waals surface area contributed by atoms with Gasteiger partial charge in [-0.3, -0.25) is 4.79 Å². The van der Waals surface area contributed by atoms with Crippen LogP contribution in [0.15, 0.2) is 36.4 Å². The summed E-state index contributed by atoms with van der Waals surface area (Å²) in [6, 6.07) is 11.1. The molecule has 1 amide bonds. The first-order valence-corrected chi connectivity index (χ1v) is 7.31. The molecule has 0 saturated heterocycles. The highest BCUT2D eigenvalue weighted by atomic mass is 35.5. The van der Waals surface area contributed by atoms with Gasteiger partial charge in [-0.05, 0) is 35.7 Å². The highest BCUT2D eigenvalue weighted by Crippen LogP contribution is 2.38. The molecule has 0 unspecified atom stereocenters. The molecule has 2 aromatic rings. The van der Waals surface area contributed by atoms with E-state index in [4.69, 9.17) is 21.1 Å². The lowest BCUT2D eigenvalue weighted by atomic mass is 9.92. The van der Waals surface area contributed by atoms with Crippen molar-refractivity contribution in [3.63, 3.8) is 0 Å². The predicted octanol–water partition coefficient (Wildman–Crippen LogP) is 3.64. The smallest absolute Gasteiger partial charge is 0.232 e. The number of ether oxygens (including phenoxy) is 2. The number of rotatable bonds is 4. The molecule has 114 valence electrons. The predicted molar refractivity (Wildman–Crippen MR) is 86.1 cm³/mol. The third kappa shape index (κ3) is 2.62. The third-order valence-electron chi connectivity index (χ3n) is 3.88. The quantitative estimate of drug-likeness (QED) is 0.936. The van der Waals surface area contributed by atoms with Crippen molar-refractivity contribution in [1.29, 1.82) is 0 Å². The summed E-state index contributed by atoms with van der Waals surface area (Å²) in [6.07, 6.45) is 0.563. The summed E-state index contributed by atoms with van der Waals surface area (Å²) < 4.78 is 10.6. The Morgan fingerprint density at radius 2 is 1.95 bits per heavy atom. The van der Waals surface area contributed by atoms with Crippen molar-refractivity contribution in [2.45, 2.75) is 12.3 Å². The molecule has 1 N–H and O–H groups in total. The average molecular weight is 318 g/mol. The molecule has 1 aliphatic heterocycles. The summed E-state index contributed by atoms with van der Waals surface area (Å²) in [5.74, 6) is 1.18. The zero-order chi connectivity index (χ0) is 15.7. The van der Waals surface area contributed by atoms with Crippen molar-refractivity contribution < 1.29 is 14.3 Å². The van der Waals surface area contributed by atoms with Crippen LogP contribution >= 0.6 is 11.6 Å². The van der Waals surface area contributed by atoms with Crippen molar-refractivity contribution in [3.8, 4) is 11.5 Å². The number of fused-ring (bicyclic) bond motifs is 1. The fourth-order valence-corrected chi connectivity index (χ4v) is 2.92. The lowest BCUT2D eigenvalue weighted by Crippen LogP contribution is -2.14. The van der Waals surface area contributed by atoms with E-state index in [2.05, 4.69) is 5.32 Å². The number of hydrogen-bond acceptors (Lipinski definition) is 3. The summed E-state index contributed by atoms with van der Waals surface area (Å²) in [6.45, 7) is 0. The summed E-state index contributed by atoms with van der Waals surface area (Å²) in [5, 5.41) is 3.49. The lowest BCUT2D eigenvalue weighted by molar-refractivity contribution is -0.117. The molecular formula is C17H16ClNO3. The van der Waals surface area contributed by atoms with Crippen molar-refractivity contribution in [1.82, 2.24) is 0 Å². The van der Waals surface area contributed by atoms with E-state index in [1.807, 2.05) is 24.3 Å². The number of carbonyl (C=O) groups excluding carboxylic acids is 1. The van der Waals surface area contributed by atoms with E-state index in [0.29, 0.717) is 11.4 Å². The Morgan fingerprint density at radius 1 is 1.14 bits per heavy atom. The van der Waals surface area contributed by atoms with Crippen LogP contribution in [0.25, 0.3) is 0 Å². The molecule has 0 saturated carbocycles. The fraction of sp³-hybridized carbons (Fsp3) is 0.235. The van der Waals surface area contributed by atoms with E-state index < -0.39 is 0 Å². The van der Waals surface area contributed by atoms with E-state index in [-0.39, 0.29) is 11.8 Å². The lowest BCUT2D eigenvalue weighted by Gasteiger charge is -2.13. The van der Waals surface area contributed by atoms with Gasteiger partial charge in [0, 0.05) is 16.8 Å². The van der Waals surface area contributed by atoms with Crippen LogP contribution in [0.4, 0.5) is 5.69 Å². The molecule has 1 heterocycles. The molecule has 1 atom stereocenters. The van der Waals surface area contributed by atoms with E-state index in [0.717, 1.165) is 28.3 Å². The molecule has 3 rings (SSSR count). The van der Waals surface area contributed by atoms with Gasteiger partial charge in [-0.2, -0.15) is 0 Å². The number of methoxy groups -OCH3 is 2. The van der Waals surface area contributed by atoms with Crippen molar-refractivity contribution in [2.24, 2.45) is 0 Å². The van der Waals surface area contributed by atoms with Crippen LogP contribution in [-0.2, 0) is 11.2 Å². The van der Waals surface area contributed by atoms with Gasteiger partial charge in [-0.25, -0.2) is 0 Å². The van der Waals surface area contributed by atoms with Crippen LogP contribution in [0, 0.1) is 0 Å². The Kier molecular flexibility index (Phi) is 3.94. The van der Waals surface area contributed by atoms with Gasteiger partial charge in [0.1, 0.15) is 11.5 Å². The van der Waals surface area contributed by atoms with Crippen LogP contribution in [0.5, 0.6) is 11.5 Å². The van der Waals surface area contributed by atoms with Crippen LogP contribution in [0.1, 0.15) is 17.0 Å². The normalized spacial score (nSPS) is 16.1. The van der Waals surface area contributed by atoms with E-state index in [1.165, 1.54) is 0 Å². The summed E-state index contributed by atoms with van der Waals surface area (Å²) >= 11 is 5.97. The van der Waals surface area contributed by atoms with Gasteiger partial charge in [0.25, 0.3) is 0 Å². The second-order valence-electron chi connectivity index (χ2n) is 5.16. The van der Waals surface area contributed by atoms with Gasteiger partial charge in [0.2, 0.25) is 5.91 Å². The largest absolute Gasteiger partial charge is 0.497 e. The monoisotopic (exact) mass is 317 g/mol. The van der Waals surface area contributed by atoms with Gasteiger partial charge < -0.3 is 14.8 Å². The molecule has 4 nitrogen and oxygen atoms in total. The SMILES string of the molecule is COc1ccc(C[C@H]2C(=O)Nc3cc(Cl)ccc32)c(OC)c1. The van der Waals surface area contributed by atoms with Crippen molar-refractivity contribution in [2.75, 3.05) is 19.5 Å². The van der Waals surface area contributed by atoms with Gasteiger partial charge in [-0.1, -0.05) is 23.7 Å². The first-order chi connectivity index (χ1) is 10.6. The first kappa shape index (κ1) is 14.7. The number of amides is 1.